The molecule has 13 heteroatoms. The summed E-state index contributed by atoms with van der Waals surface area (Å²) in [4.78, 5) is 13.6. The molecule has 6 atom stereocenters. The Labute approximate surface area is 299 Å². The molecule has 4 unspecified atom stereocenters. The Bertz CT molecular complexity index is 1070. The third-order valence-corrected chi connectivity index (χ3v) is 30.3. The molecule has 0 spiro atoms. The van der Waals surface area contributed by atoms with Crippen molar-refractivity contribution in [3.63, 3.8) is 0 Å². The first-order valence-corrected chi connectivity index (χ1v) is 29.4. The lowest BCUT2D eigenvalue weighted by Gasteiger charge is -2.53. The Morgan fingerprint density at radius 1 is 0.729 bits per heavy atom. The summed E-state index contributed by atoms with van der Waals surface area (Å²) in [6, 6.07) is -0.653. The molecule has 2 N–H and O–H groups in total. The third kappa shape index (κ3) is 10.6. The van der Waals surface area contributed by atoms with Gasteiger partial charge in [0, 0.05) is 13.5 Å². The van der Waals surface area contributed by atoms with E-state index in [1.54, 1.807) is 0 Å². The number of rotatable bonds is 13. The van der Waals surface area contributed by atoms with E-state index in [4.69, 9.17) is 37.6 Å². The molecule has 0 aliphatic carbocycles. The average molecular weight is 752 g/mol. The van der Waals surface area contributed by atoms with Crippen LogP contribution in [0.25, 0.3) is 0 Å². The largest absolute Gasteiger partial charge is 0.465 e. The summed E-state index contributed by atoms with van der Waals surface area (Å²) in [5, 5.41) is -0.330. The molecule has 1 saturated heterocycles. The number of methoxy groups -OCH3 is 2. The number of nitrogens with two attached hydrogens (primary N) is 1. The Morgan fingerprint density at radius 3 is 1.52 bits per heavy atom. The Balaban J connectivity index is 4.12. The first-order chi connectivity index (χ1) is 21.0. The molecule has 9 nitrogen and oxygen atoms in total. The lowest BCUT2D eigenvalue weighted by Crippen LogP contribution is -2.70. The highest BCUT2D eigenvalue weighted by molar-refractivity contribution is 6.75. The van der Waals surface area contributed by atoms with Gasteiger partial charge in [0.05, 0.1) is 32.0 Å². The SMILES string of the molecule is COC(=O)C1(OC)CC(O[Si](C)(C)C(C)(C)C)C(N)C([C@H](O[Si](C)(C)C(C)(C)C)[C@@H](CO[Si](C)(C)C(C)(C)C)O[Si](C)(C)C(C)(C)C)O1. The van der Waals surface area contributed by atoms with Crippen LogP contribution in [-0.2, 0) is 36.7 Å². The fourth-order valence-corrected chi connectivity index (χ4v) is 9.55. The molecular weight excluding hydrogens is 675 g/mol. The van der Waals surface area contributed by atoms with Crippen molar-refractivity contribution < 1.29 is 36.7 Å². The molecule has 1 aliphatic rings. The van der Waals surface area contributed by atoms with Gasteiger partial charge in [-0.25, -0.2) is 4.79 Å². The number of hydrogen-bond acceptors (Lipinski definition) is 9. The molecule has 0 bridgehead atoms. The van der Waals surface area contributed by atoms with Gasteiger partial charge in [-0.2, -0.15) is 0 Å². The highest BCUT2D eigenvalue weighted by Crippen LogP contribution is 2.46. The van der Waals surface area contributed by atoms with E-state index in [2.05, 4.69) is 135 Å². The van der Waals surface area contributed by atoms with Crippen LogP contribution >= 0.6 is 0 Å². The maximum atomic E-state index is 13.6. The predicted molar refractivity (Wildman–Crippen MR) is 209 cm³/mol. The molecule has 0 saturated carbocycles. The Morgan fingerprint density at radius 2 is 1.15 bits per heavy atom. The molecule has 48 heavy (non-hydrogen) atoms. The molecular formula is C35H77NO8Si4. The highest BCUT2D eigenvalue weighted by atomic mass is 28.4. The monoisotopic (exact) mass is 751 g/mol. The zero-order valence-electron chi connectivity index (χ0n) is 35.1. The first-order valence-electron chi connectivity index (χ1n) is 17.8. The van der Waals surface area contributed by atoms with Crippen LogP contribution in [0.3, 0.4) is 0 Å². The molecule has 1 rings (SSSR count). The van der Waals surface area contributed by atoms with Crippen LogP contribution in [0.2, 0.25) is 72.5 Å². The van der Waals surface area contributed by atoms with E-state index in [1.807, 2.05) is 0 Å². The minimum absolute atomic E-state index is 0.0137. The van der Waals surface area contributed by atoms with E-state index >= 15 is 0 Å². The van der Waals surface area contributed by atoms with Crippen molar-refractivity contribution in [2.24, 2.45) is 5.73 Å². The molecule has 286 valence electrons. The molecule has 1 fully saturated rings. The number of carbonyl (C=O) groups is 1. The van der Waals surface area contributed by atoms with E-state index in [0.29, 0.717) is 6.61 Å². The lowest BCUT2D eigenvalue weighted by atomic mass is 9.89. The molecule has 0 aromatic carbocycles. The molecule has 0 radical (unpaired) electrons. The van der Waals surface area contributed by atoms with Gasteiger partial charge in [-0.1, -0.05) is 83.1 Å². The maximum Gasteiger partial charge on any atom is 0.366 e. The van der Waals surface area contributed by atoms with Crippen molar-refractivity contribution in [1.29, 1.82) is 0 Å². The summed E-state index contributed by atoms with van der Waals surface area (Å²) in [6.45, 7) is 44.7. The van der Waals surface area contributed by atoms with E-state index in [0.717, 1.165) is 0 Å². The van der Waals surface area contributed by atoms with Crippen LogP contribution in [-0.4, -0.2) is 96.3 Å². The second-order valence-electron chi connectivity index (χ2n) is 20.1. The topological polar surface area (TPSA) is 108 Å². The van der Waals surface area contributed by atoms with E-state index < -0.39 is 75.5 Å². The second kappa shape index (κ2) is 15.2. The minimum atomic E-state index is -2.50. The zero-order valence-corrected chi connectivity index (χ0v) is 39.1. The van der Waals surface area contributed by atoms with Gasteiger partial charge in [-0.3, -0.25) is 0 Å². The fourth-order valence-electron chi connectivity index (χ4n) is 4.55. The van der Waals surface area contributed by atoms with Crippen LogP contribution in [0, 0.1) is 0 Å². The van der Waals surface area contributed by atoms with Crippen molar-refractivity contribution in [1.82, 2.24) is 0 Å². The highest BCUT2D eigenvalue weighted by Gasteiger charge is 2.59. The normalized spacial score (nSPS) is 25.5. The van der Waals surface area contributed by atoms with E-state index in [-0.39, 0.29) is 26.6 Å². The summed E-state index contributed by atoms with van der Waals surface area (Å²) >= 11 is 0. The van der Waals surface area contributed by atoms with Crippen LogP contribution in [0.15, 0.2) is 0 Å². The van der Waals surface area contributed by atoms with Crippen molar-refractivity contribution >= 4 is 39.2 Å². The first kappa shape index (κ1) is 46.1. The van der Waals surface area contributed by atoms with Gasteiger partial charge in [-0.15, -0.1) is 0 Å². The Hall–Kier alpha value is 0.0575. The fraction of sp³-hybridized carbons (Fsp3) is 0.971. The second-order valence-corrected chi connectivity index (χ2v) is 39.1. The van der Waals surface area contributed by atoms with Crippen molar-refractivity contribution in [3.8, 4) is 0 Å². The molecule has 1 heterocycles. The molecule has 0 amide bonds. The van der Waals surface area contributed by atoms with Crippen LogP contribution < -0.4 is 5.73 Å². The Kier molecular flexibility index (Phi) is 14.6. The van der Waals surface area contributed by atoms with E-state index in [1.165, 1.54) is 14.2 Å². The van der Waals surface area contributed by atoms with Crippen LogP contribution in [0.5, 0.6) is 0 Å². The molecule has 0 aromatic heterocycles. The van der Waals surface area contributed by atoms with Gasteiger partial charge in [0.1, 0.15) is 12.2 Å². The summed E-state index contributed by atoms with van der Waals surface area (Å²) in [6.07, 6.45) is -2.53. The number of hydrogen-bond donors (Lipinski definition) is 1. The third-order valence-electron chi connectivity index (χ3n) is 12.3. The predicted octanol–water partition coefficient (Wildman–Crippen LogP) is 8.81. The van der Waals surface area contributed by atoms with Gasteiger partial charge in [0.25, 0.3) is 5.79 Å². The van der Waals surface area contributed by atoms with Crippen molar-refractivity contribution in [2.75, 3.05) is 20.8 Å². The quantitative estimate of drug-likeness (QED) is 0.146. The maximum absolute atomic E-state index is 13.6. The van der Waals surface area contributed by atoms with Crippen molar-refractivity contribution in [2.45, 2.75) is 198 Å². The van der Waals surface area contributed by atoms with Crippen molar-refractivity contribution in [3.05, 3.63) is 0 Å². The molecule has 1 aliphatic heterocycles. The summed E-state index contributed by atoms with van der Waals surface area (Å²) in [7, 11) is -6.67. The van der Waals surface area contributed by atoms with E-state index in [9.17, 15) is 4.79 Å². The van der Waals surface area contributed by atoms with Crippen LogP contribution in [0.1, 0.15) is 89.5 Å². The summed E-state index contributed by atoms with van der Waals surface area (Å²) < 4.78 is 46.8. The minimum Gasteiger partial charge on any atom is -0.465 e. The summed E-state index contributed by atoms with van der Waals surface area (Å²) in [5.74, 6) is -2.37. The number of carbonyl (C=O) groups excluding carboxylic acids is 1. The van der Waals surface area contributed by atoms with Gasteiger partial charge >= 0.3 is 5.97 Å². The molecule has 0 aromatic rings. The van der Waals surface area contributed by atoms with Gasteiger partial charge < -0.3 is 37.6 Å². The standard InChI is InChI=1S/C35H77NO8Si4/c1-31(2,3)45(15,16)40-24-26(43-47(19,20)33(7,8)9)28(44-48(21,22)34(10,11)12)29-27(36)25(42-46(17,18)32(4,5)6)23-35(39-14,41-29)30(37)38-13/h25-29H,23-24,36H2,1-22H3/t25?,26-,27?,28-,29?,35?/m1/s1. The van der Waals surface area contributed by atoms with Crippen LogP contribution in [0.4, 0.5) is 0 Å². The van der Waals surface area contributed by atoms with Gasteiger partial charge in [-0.05, 0) is 72.5 Å². The lowest BCUT2D eigenvalue weighted by molar-refractivity contribution is -0.299. The number of ether oxygens (including phenoxy) is 3. The zero-order chi connectivity index (χ0) is 38.3. The van der Waals surface area contributed by atoms with Gasteiger partial charge in [0.15, 0.2) is 33.3 Å². The smallest absolute Gasteiger partial charge is 0.366 e. The van der Waals surface area contributed by atoms with Gasteiger partial charge in [0.2, 0.25) is 0 Å². The average Bonchev–Trinajstić information content (AvgIpc) is 2.87. The number of esters is 1. The summed E-state index contributed by atoms with van der Waals surface area (Å²) in [5.41, 5.74) is 7.28.